The van der Waals surface area contributed by atoms with E-state index in [9.17, 15) is 23.1 Å². The molecule has 0 bridgehead atoms. The van der Waals surface area contributed by atoms with E-state index in [4.69, 9.17) is 4.42 Å². The van der Waals surface area contributed by atoms with Gasteiger partial charge in [0.2, 0.25) is 0 Å². The van der Waals surface area contributed by atoms with Crippen LogP contribution in [0.3, 0.4) is 0 Å². The first-order chi connectivity index (χ1) is 10.1. The molecule has 1 aromatic rings. The van der Waals surface area contributed by atoms with Gasteiger partial charge in [0.05, 0.1) is 19.4 Å². The molecule has 2 N–H and O–H groups in total. The highest BCUT2D eigenvalue weighted by molar-refractivity contribution is 5.93. The molecule has 1 rings (SSSR count). The van der Waals surface area contributed by atoms with Crippen molar-refractivity contribution in [1.29, 1.82) is 0 Å². The zero-order valence-corrected chi connectivity index (χ0v) is 12.3. The normalized spacial score (nSPS) is 14.9. The Bertz CT molecular complexity index is 554. The molecule has 1 unspecified atom stereocenters. The van der Waals surface area contributed by atoms with Crippen molar-refractivity contribution in [2.75, 3.05) is 13.2 Å². The van der Waals surface area contributed by atoms with Crippen LogP contribution in [0.25, 0.3) is 0 Å². The second kappa shape index (κ2) is 6.82. The first-order valence-electron chi connectivity index (χ1n) is 6.41. The van der Waals surface area contributed by atoms with Gasteiger partial charge in [-0.2, -0.15) is 13.2 Å². The lowest BCUT2D eigenvalue weighted by Gasteiger charge is -2.27. The molecule has 0 aromatic carbocycles. The van der Waals surface area contributed by atoms with Crippen LogP contribution in [0.4, 0.5) is 13.2 Å². The molecule has 1 amide bonds. The Morgan fingerprint density at radius 1 is 1.45 bits per heavy atom. The van der Waals surface area contributed by atoms with E-state index >= 15 is 0 Å². The van der Waals surface area contributed by atoms with Gasteiger partial charge in [-0.3, -0.25) is 4.79 Å². The molecule has 0 radical (unpaired) electrons. The molecular weight excluding hydrogens is 305 g/mol. The van der Waals surface area contributed by atoms with Crippen molar-refractivity contribution < 1.29 is 32.2 Å². The number of nitrogens with one attached hydrogen (secondary N) is 1. The minimum absolute atomic E-state index is 0.129. The third-order valence-electron chi connectivity index (χ3n) is 2.73. The predicted molar refractivity (Wildman–Crippen MR) is 70.1 cm³/mol. The van der Waals surface area contributed by atoms with Gasteiger partial charge in [-0.25, -0.2) is 4.98 Å². The maximum atomic E-state index is 12.9. The smallest absolute Gasteiger partial charge is 0.422 e. The Balaban J connectivity index is 2.83. The van der Waals surface area contributed by atoms with E-state index in [1.165, 1.54) is 13.8 Å². The molecule has 0 aliphatic carbocycles. The second-order valence-corrected chi connectivity index (χ2v) is 4.50. The number of aliphatic hydroxyl groups is 1. The van der Waals surface area contributed by atoms with Crippen LogP contribution in [0.2, 0.25) is 0 Å². The van der Waals surface area contributed by atoms with E-state index in [0.29, 0.717) is 6.08 Å². The minimum atomic E-state index is -4.98. The Morgan fingerprint density at radius 3 is 2.55 bits per heavy atom. The standard InChI is InChI=1S/C13H17F3N2O4/c1-4-21-6-5-12(20,13(14,15)16)7-17-11(19)10-8(2)22-9(3)18-10/h5-6,20H,4,7H2,1-3H3,(H,17,19). The zero-order valence-electron chi connectivity index (χ0n) is 12.3. The topological polar surface area (TPSA) is 84.6 Å². The van der Waals surface area contributed by atoms with E-state index in [0.717, 1.165) is 6.26 Å². The highest BCUT2D eigenvalue weighted by Crippen LogP contribution is 2.31. The summed E-state index contributed by atoms with van der Waals surface area (Å²) in [5, 5.41) is 11.7. The summed E-state index contributed by atoms with van der Waals surface area (Å²) in [5.74, 6) is -0.484. The molecule has 124 valence electrons. The maximum Gasteiger partial charge on any atom is 0.422 e. The lowest BCUT2D eigenvalue weighted by Crippen LogP contribution is -2.52. The van der Waals surface area contributed by atoms with Crippen LogP contribution in [-0.2, 0) is 4.74 Å². The van der Waals surface area contributed by atoms with Crippen molar-refractivity contribution in [2.45, 2.75) is 32.5 Å². The predicted octanol–water partition coefficient (Wildman–Crippen LogP) is 1.86. The average molecular weight is 322 g/mol. The van der Waals surface area contributed by atoms with Crippen molar-refractivity contribution in [2.24, 2.45) is 0 Å². The molecular formula is C13H17F3N2O4. The number of carbonyl (C=O) groups excluding carboxylic acids is 1. The molecule has 0 saturated carbocycles. The van der Waals surface area contributed by atoms with Crippen LogP contribution in [0.15, 0.2) is 16.8 Å². The highest BCUT2D eigenvalue weighted by Gasteiger charge is 2.52. The molecule has 1 aromatic heterocycles. The van der Waals surface area contributed by atoms with Crippen LogP contribution >= 0.6 is 0 Å². The van der Waals surface area contributed by atoms with Crippen molar-refractivity contribution in [1.82, 2.24) is 10.3 Å². The summed E-state index contributed by atoms with van der Waals surface area (Å²) in [4.78, 5) is 15.6. The number of hydrogen-bond acceptors (Lipinski definition) is 5. The lowest BCUT2D eigenvalue weighted by molar-refractivity contribution is -0.237. The zero-order chi connectivity index (χ0) is 17.0. The third-order valence-corrected chi connectivity index (χ3v) is 2.73. The van der Waals surface area contributed by atoms with E-state index in [2.05, 4.69) is 9.72 Å². The summed E-state index contributed by atoms with van der Waals surface area (Å²) in [6.07, 6.45) is -3.80. The number of ether oxygens (including phenoxy) is 1. The number of aromatic nitrogens is 1. The van der Waals surface area contributed by atoms with Gasteiger partial charge in [0.15, 0.2) is 17.2 Å². The molecule has 22 heavy (non-hydrogen) atoms. The Hall–Kier alpha value is -2.03. The van der Waals surface area contributed by atoms with Crippen molar-refractivity contribution in [3.05, 3.63) is 29.7 Å². The SMILES string of the molecule is CCOC=CC(O)(CNC(=O)c1nc(C)oc1C)C(F)(F)F. The van der Waals surface area contributed by atoms with Gasteiger partial charge in [0.1, 0.15) is 5.76 Å². The molecule has 1 heterocycles. The quantitative estimate of drug-likeness (QED) is 0.781. The summed E-state index contributed by atoms with van der Waals surface area (Å²) in [7, 11) is 0. The Morgan fingerprint density at radius 2 is 2.09 bits per heavy atom. The third kappa shape index (κ3) is 4.23. The molecule has 0 aliphatic rings. The number of halogens is 3. The molecule has 0 saturated heterocycles. The highest BCUT2D eigenvalue weighted by atomic mass is 19.4. The van der Waals surface area contributed by atoms with Crippen LogP contribution in [0.5, 0.6) is 0 Å². The minimum Gasteiger partial charge on any atom is -0.502 e. The summed E-state index contributed by atoms with van der Waals surface area (Å²) >= 11 is 0. The summed E-state index contributed by atoms with van der Waals surface area (Å²) in [5.41, 5.74) is -3.37. The maximum absolute atomic E-state index is 12.9. The van der Waals surface area contributed by atoms with Gasteiger partial charge in [0.25, 0.3) is 5.91 Å². The van der Waals surface area contributed by atoms with Gasteiger partial charge >= 0.3 is 6.18 Å². The fourth-order valence-electron chi connectivity index (χ4n) is 1.55. The van der Waals surface area contributed by atoms with Crippen LogP contribution in [0, 0.1) is 13.8 Å². The molecule has 6 nitrogen and oxygen atoms in total. The summed E-state index contributed by atoms with van der Waals surface area (Å²) < 4.78 is 48.5. The van der Waals surface area contributed by atoms with Gasteiger partial charge in [-0.05, 0) is 19.9 Å². The Labute approximate surface area is 125 Å². The monoisotopic (exact) mass is 322 g/mol. The van der Waals surface area contributed by atoms with E-state index < -0.39 is 24.2 Å². The second-order valence-electron chi connectivity index (χ2n) is 4.50. The van der Waals surface area contributed by atoms with Gasteiger partial charge in [0, 0.05) is 6.92 Å². The van der Waals surface area contributed by atoms with E-state index in [1.54, 1.807) is 6.92 Å². The number of hydrogen-bond donors (Lipinski definition) is 2. The van der Waals surface area contributed by atoms with Crippen LogP contribution < -0.4 is 5.32 Å². The molecule has 0 aliphatic heterocycles. The number of nitrogens with zero attached hydrogens (tertiary/aromatic N) is 1. The molecule has 0 fully saturated rings. The fourth-order valence-corrected chi connectivity index (χ4v) is 1.55. The van der Waals surface area contributed by atoms with Crippen LogP contribution in [-0.4, -0.2) is 40.9 Å². The van der Waals surface area contributed by atoms with Gasteiger partial charge in [-0.1, -0.05) is 0 Å². The number of carbonyl (C=O) groups is 1. The summed E-state index contributed by atoms with van der Waals surface area (Å²) in [6, 6.07) is 0. The number of aryl methyl sites for hydroxylation is 2. The molecule has 9 heteroatoms. The van der Waals surface area contributed by atoms with Crippen molar-refractivity contribution in [3.63, 3.8) is 0 Å². The summed E-state index contributed by atoms with van der Waals surface area (Å²) in [6.45, 7) is 3.60. The Kier molecular flexibility index (Phi) is 5.59. The van der Waals surface area contributed by atoms with E-state index in [-0.39, 0.29) is 24.0 Å². The first-order valence-corrected chi connectivity index (χ1v) is 6.41. The largest absolute Gasteiger partial charge is 0.502 e. The number of amides is 1. The number of alkyl halides is 3. The molecule has 1 atom stereocenters. The van der Waals surface area contributed by atoms with Gasteiger partial charge in [-0.15, -0.1) is 0 Å². The van der Waals surface area contributed by atoms with Crippen LogP contribution in [0.1, 0.15) is 29.1 Å². The molecule has 0 spiro atoms. The van der Waals surface area contributed by atoms with E-state index in [1.807, 2.05) is 5.32 Å². The fraction of sp³-hybridized carbons (Fsp3) is 0.538. The first kappa shape index (κ1) is 18.0. The number of oxazole rings is 1. The van der Waals surface area contributed by atoms with Gasteiger partial charge < -0.3 is 19.6 Å². The average Bonchev–Trinajstić information content (AvgIpc) is 2.74. The van der Waals surface area contributed by atoms with Crippen molar-refractivity contribution in [3.8, 4) is 0 Å². The lowest BCUT2D eigenvalue weighted by atomic mass is 10.0. The van der Waals surface area contributed by atoms with Crippen molar-refractivity contribution >= 4 is 5.91 Å². The number of rotatable bonds is 6.